The molecule has 0 aliphatic carbocycles. The highest BCUT2D eigenvalue weighted by atomic mass is 35.5. The predicted octanol–water partition coefficient (Wildman–Crippen LogP) is 1.60. The smallest absolute Gasteiger partial charge is 0.203 e. The summed E-state index contributed by atoms with van der Waals surface area (Å²) >= 11 is 5.92. The lowest BCUT2D eigenvalue weighted by Gasteiger charge is -2.03. The first-order chi connectivity index (χ1) is 7.22. The minimum atomic E-state index is 0.587. The number of halogens is 1. The molecule has 2 rings (SSSR count). The van der Waals surface area contributed by atoms with Gasteiger partial charge >= 0.3 is 0 Å². The van der Waals surface area contributed by atoms with Gasteiger partial charge in [-0.3, -0.25) is 0 Å². The van der Waals surface area contributed by atoms with Crippen LogP contribution < -0.4 is 11.1 Å². The standard InChI is InChI=1S/C10H13ClN4/c1-15-9-6-7(11)2-3-8(9)14-10(15)13-5-4-12/h2-3,6H,4-5,12H2,1H3,(H,13,14). The lowest BCUT2D eigenvalue weighted by atomic mass is 10.3. The molecule has 0 fully saturated rings. The summed E-state index contributed by atoms with van der Waals surface area (Å²) in [5.41, 5.74) is 7.37. The van der Waals surface area contributed by atoms with Crippen LogP contribution in [0.1, 0.15) is 0 Å². The van der Waals surface area contributed by atoms with Gasteiger partial charge in [0.2, 0.25) is 5.95 Å². The highest BCUT2D eigenvalue weighted by Gasteiger charge is 2.06. The highest BCUT2D eigenvalue weighted by molar-refractivity contribution is 6.31. The van der Waals surface area contributed by atoms with Crippen LogP contribution in [0.4, 0.5) is 5.95 Å². The molecule has 0 aliphatic heterocycles. The number of fused-ring (bicyclic) bond motifs is 1. The molecule has 0 saturated heterocycles. The average Bonchev–Trinajstić information content (AvgIpc) is 2.53. The molecule has 0 saturated carbocycles. The van der Waals surface area contributed by atoms with E-state index in [4.69, 9.17) is 17.3 Å². The Bertz CT molecular complexity index is 477. The molecule has 1 heterocycles. The van der Waals surface area contributed by atoms with E-state index in [0.717, 1.165) is 22.0 Å². The average molecular weight is 225 g/mol. The summed E-state index contributed by atoms with van der Waals surface area (Å²) in [6, 6.07) is 5.65. The molecule has 0 radical (unpaired) electrons. The molecular formula is C10H13ClN4. The second-order valence-corrected chi connectivity index (χ2v) is 3.78. The molecular weight excluding hydrogens is 212 g/mol. The minimum Gasteiger partial charge on any atom is -0.354 e. The van der Waals surface area contributed by atoms with Gasteiger partial charge in [-0.15, -0.1) is 0 Å². The van der Waals surface area contributed by atoms with Crippen molar-refractivity contribution in [1.82, 2.24) is 9.55 Å². The summed E-state index contributed by atoms with van der Waals surface area (Å²) in [4.78, 5) is 4.43. The summed E-state index contributed by atoms with van der Waals surface area (Å²) in [6.07, 6.45) is 0. The van der Waals surface area contributed by atoms with Gasteiger partial charge in [-0.2, -0.15) is 0 Å². The third kappa shape index (κ3) is 1.91. The first-order valence-electron chi connectivity index (χ1n) is 4.78. The van der Waals surface area contributed by atoms with Gasteiger partial charge in [0.1, 0.15) is 0 Å². The van der Waals surface area contributed by atoms with Crippen LogP contribution in [-0.4, -0.2) is 22.6 Å². The largest absolute Gasteiger partial charge is 0.354 e. The number of nitrogens with zero attached hydrogens (tertiary/aromatic N) is 2. The van der Waals surface area contributed by atoms with Crippen LogP contribution in [-0.2, 0) is 7.05 Å². The number of nitrogens with two attached hydrogens (primary N) is 1. The Morgan fingerprint density at radius 3 is 3.07 bits per heavy atom. The van der Waals surface area contributed by atoms with Crippen LogP contribution in [0, 0.1) is 0 Å². The van der Waals surface area contributed by atoms with E-state index >= 15 is 0 Å². The molecule has 0 amide bonds. The third-order valence-corrected chi connectivity index (χ3v) is 2.51. The fourth-order valence-electron chi connectivity index (χ4n) is 1.51. The maximum atomic E-state index is 5.92. The molecule has 1 aromatic carbocycles. The van der Waals surface area contributed by atoms with Gasteiger partial charge < -0.3 is 15.6 Å². The van der Waals surface area contributed by atoms with Crippen molar-refractivity contribution in [3.05, 3.63) is 23.2 Å². The molecule has 15 heavy (non-hydrogen) atoms. The van der Waals surface area contributed by atoms with Gasteiger partial charge in [-0.1, -0.05) is 11.6 Å². The van der Waals surface area contributed by atoms with Crippen molar-refractivity contribution in [1.29, 1.82) is 0 Å². The van der Waals surface area contributed by atoms with Gasteiger partial charge in [0.25, 0.3) is 0 Å². The van der Waals surface area contributed by atoms with E-state index in [9.17, 15) is 0 Å². The Morgan fingerprint density at radius 1 is 1.53 bits per heavy atom. The lowest BCUT2D eigenvalue weighted by molar-refractivity contribution is 0.915. The number of aromatic nitrogens is 2. The number of hydrogen-bond donors (Lipinski definition) is 2. The van der Waals surface area contributed by atoms with Crippen LogP contribution in [0.15, 0.2) is 18.2 Å². The fourth-order valence-corrected chi connectivity index (χ4v) is 1.67. The molecule has 0 spiro atoms. The highest BCUT2D eigenvalue weighted by Crippen LogP contribution is 2.21. The zero-order chi connectivity index (χ0) is 10.8. The summed E-state index contributed by atoms with van der Waals surface area (Å²) in [7, 11) is 1.95. The van der Waals surface area contributed by atoms with E-state index in [1.807, 2.05) is 29.8 Å². The van der Waals surface area contributed by atoms with Crippen molar-refractivity contribution < 1.29 is 0 Å². The lowest BCUT2D eigenvalue weighted by Crippen LogP contribution is -2.15. The summed E-state index contributed by atoms with van der Waals surface area (Å²) < 4.78 is 1.97. The van der Waals surface area contributed by atoms with Gasteiger partial charge in [0.15, 0.2) is 0 Å². The molecule has 0 unspecified atom stereocenters. The van der Waals surface area contributed by atoms with Gasteiger partial charge in [0, 0.05) is 25.2 Å². The maximum Gasteiger partial charge on any atom is 0.203 e. The van der Waals surface area contributed by atoms with Crippen molar-refractivity contribution in [2.24, 2.45) is 12.8 Å². The number of nitrogens with one attached hydrogen (secondary N) is 1. The summed E-state index contributed by atoms with van der Waals surface area (Å²) in [5, 5.41) is 3.87. The third-order valence-electron chi connectivity index (χ3n) is 2.27. The molecule has 4 nitrogen and oxygen atoms in total. The maximum absolute atomic E-state index is 5.92. The van der Waals surface area contributed by atoms with E-state index in [2.05, 4.69) is 10.3 Å². The molecule has 1 aromatic heterocycles. The van der Waals surface area contributed by atoms with Crippen LogP contribution in [0.2, 0.25) is 5.02 Å². The van der Waals surface area contributed by atoms with E-state index in [-0.39, 0.29) is 0 Å². The number of hydrogen-bond acceptors (Lipinski definition) is 3. The quantitative estimate of drug-likeness (QED) is 0.833. The zero-order valence-corrected chi connectivity index (χ0v) is 9.25. The summed E-state index contributed by atoms with van der Waals surface area (Å²) in [5.74, 6) is 0.817. The first-order valence-corrected chi connectivity index (χ1v) is 5.16. The van der Waals surface area contributed by atoms with E-state index in [1.54, 1.807) is 0 Å². The van der Waals surface area contributed by atoms with Crippen LogP contribution in [0.3, 0.4) is 0 Å². The molecule has 0 atom stereocenters. The van der Waals surface area contributed by atoms with Crippen molar-refractivity contribution in [3.63, 3.8) is 0 Å². The number of rotatable bonds is 3. The molecule has 0 aliphatic rings. The molecule has 3 N–H and O–H groups in total. The SMILES string of the molecule is Cn1c(NCCN)nc2ccc(Cl)cc21. The Labute approximate surface area is 93.0 Å². The van der Waals surface area contributed by atoms with Crippen molar-refractivity contribution in [3.8, 4) is 0 Å². The fraction of sp³-hybridized carbons (Fsp3) is 0.300. The monoisotopic (exact) mass is 224 g/mol. The Kier molecular flexibility index (Phi) is 2.79. The number of imidazole rings is 1. The Hall–Kier alpha value is -1.26. The molecule has 5 heteroatoms. The number of anilines is 1. The molecule has 80 valence electrons. The normalized spacial score (nSPS) is 10.9. The van der Waals surface area contributed by atoms with Crippen LogP contribution in [0.5, 0.6) is 0 Å². The van der Waals surface area contributed by atoms with Crippen molar-refractivity contribution >= 4 is 28.6 Å². The van der Waals surface area contributed by atoms with E-state index in [0.29, 0.717) is 13.1 Å². The molecule has 2 aromatic rings. The van der Waals surface area contributed by atoms with Gasteiger partial charge in [-0.25, -0.2) is 4.98 Å². The second kappa shape index (κ2) is 4.08. The summed E-state index contributed by atoms with van der Waals surface area (Å²) in [6.45, 7) is 1.30. The van der Waals surface area contributed by atoms with Gasteiger partial charge in [0.05, 0.1) is 11.0 Å². The topological polar surface area (TPSA) is 55.9 Å². The number of benzene rings is 1. The predicted molar refractivity (Wildman–Crippen MR) is 63.3 cm³/mol. The zero-order valence-electron chi connectivity index (χ0n) is 8.50. The van der Waals surface area contributed by atoms with E-state index in [1.165, 1.54) is 0 Å². The minimum absolute atomic E-state index is 0.587. The molecule has 0 bridgehead atoms. The van der Waals surface area contributed by atoms with Gasteiger partial charge in [-0.05, 0) is 18.2 Å². The van der Waals surface area contributed by atoms with Crippen LogP contribution >= 0.6 is 11.6 Å². The van der Waals surface area contributed by atoms with Crippen molar-refractivity contribution in [2.45, 2.75) is 0 Å². The van der Waals surface area contributed by atoms with E-state index < -0.39 is 0 Å². The Balaban J connectivity index is 2.45. The van der Waals surface area contributed by atoms with Crippen LogP contribution in [0.25, 0.3) is 11.0 Å². The Morgan fingerprint density at radius 2 is 2.33 bits per heavy atom. The number of aryl methyl sites for hydroxylation is 1. The van der Waals surface area contributed by atoms with Crippen molar-refractivity contribution in [2.75, 3.05) is 18.4 Å². The first kappa shape index (κ1) is 10.3. The second-order valence-electron chi connectivity index (χ2n) is 3.34.